The van der Waals surface area contributed by atoms with E-state index in [4.69, 9.17) is 29.6 Å². The smallest absolute Gasteiger partial charge is 0.0860 e. The van der Waals surface area contributed by atoms with Crippen molar-refractivity contribution in [3.8, 4) is 0 Å². The van der Waals surface area contributed by atoms with Gasteiger partial charge in [-0.15, -0.1) is 0 Å². The summed E-state index contributed by atoms with van der Waals surface area (Å²) in [6.45, 7) is 7.71. The molecule has 0 saturated carbocycles. The number of hydrogen-bond donors (Lipinski definition) is 1. The lowest BCUT2D eigenvalue weighted by Gasteiger charge is -2.32. The molecule has 2 heterocycles. The number of likely N-dealkylation sites (tertiary alicyclic amines) is 1. The van der Waals surface area contributed by atoms with Crippen molar-refractivity contribution < 1.29 is 0 Å². The van der Waals surface area contributed by atoms with Gasteiger partial charge in [0.15, 0.2) is 0 Å². The number of nitrogens with zero attached hydrogens (tertiary/aromatic N) is 3. The summed E-state index contributed by atoms with van der Waals surface area (Å²) in [4.78, 5) is 3.01. The van der Waals surface area contributed by atoms with Crippen LogP contribution in [0.3, 0.4) is 0 Å². The van der Waals surface area contributed by atoms with Crippen LogP contribution in [0.25, 0.3) is 0 Å². The highest BCUT2D eigenvalue weighted by Gasteiger charge is 2.24. The van der Waals surface area contributed by atoms with Crippen LogP contribution in [0.1, 0.15) is 31.2 Å². The van der Waals surface area contributed by atoms with E-state index in [1.807, 2.05) is 11.6 Å². The molecule has 1 saturated heterocycles. The molecule has 1 atom stereocenters. The summed E-state index contributed by atoms with van der Waals surface area (Å²) < 4.78 is 1.99. The zero-order valence-corrected chi connectivity index (χ0v) is 13.1. The second-order valence-electron chi connectivity index (χ2n) is 5.14. The lowest BCUT2D eigenvalue weighted by molar-refractivity contribution is 0.192. The van der Waals surface area contributed by atoms with Gasteiger partial charge in [-0.2, -0.15) is 5.10 Å². The molecule has 0 amide bonds. The highest BCUT2D eigenvalue weighted by Crippen LogP contribution is 2.24. The molecule has 1 aromatic heterocycles. The molecule has 19 heavy (non-hydrogen) atoms. The molecule has 0 aromatic carbocycles. The lowest BCUT2D eigenvalue weighted by Crippen LogP contribution is -2.40. The minimum absolute atomic E-state index is 0.335. The average molecular weight is 301 g/mol. The zero-order valence-electron chi connectivity index (χ0n) is 11.5. The van der Waals surface area contributed by atoms with Gasteiger partial charge < -0.3 is 5.73 Å². The largest absolute Gasteiger partial charge is 0.393 e. The van der Waals surface area contributed by atoms with Gasteiger partial charge in [0.05, 0.1) is 21.4 Å². The van der Waals surface area contributed by atoms with Crippen molar-refractivity contribution in [2.75, 3.05) is 13.1 Å². The number of hydrogen-bond acceptors (Lipinski definition) is 3. The Kier molecular flexibility index (Phi) is 4.81. The Balaban J connectivity index is 2.10. The molecule has 1 aliphatic rings. The number of thiocarbonyl (C=S) groups is 1. The Morgan fingerprint density at radius 1 is 1.58 bits per heavy atom. The van der Waals surface area contributed by atoms with Crippen molar-refractivity contribution in [1.82, 2.24) is 14.7 Å². The predicted octanol–water partition coefficient (Wildman–Crippen LogP) is 2.36. The predicted molar refractivity (Wildman–Crippen MR) is 82.4 cm³/mol. The topological polar surface area (TPSA) is 47.1 Å². The van der Waals surface area contributed by atoms with Gasteiger partial charge in [-0.25, -0.2) is 0 Å². The van der Waals surface area contributed by atoms with E-state index in [-0.39, 0.29) is 0 Å². The Labute approximate surface area is 124 Å². The number of aryl methyl sites for hydroxylation is 2. The molecule has 0 aliphatic carbocycles. The quantitative estimate of drug-likeness (QED) is 0.867. The van der Waals surface area contributed by atoms with Crippen molar-refractivity contribution >= 4 is 28.8 Å². The van der Waals surface area contributed by atoms with Gasteiger partial charge in [-0.3, -0.25) is 9.58 Å². The van der Waals surface area contributed by atoms with Crippen molar-refractivity contribution in [2.24, 2.45) is 11.7 Å². The molecule has 0 radical (unpaired) electrons. The number of piperidine rings is 1. The second kappa shape index (κ2) is 6.20. The Morgan fingerprint density at radius 3 is 2.95 bits per heavy atom. The second-order valence-corrected chi connectivity index (χ2v) is 5.99. The molecule has 1 aliphatic heterocycles. The summed E-state index contributed by atoms with van der Waals surface area (Å²) in [7, 11) is 0. The third-order valence-corrected chi connectivity index (χ3v) is 4.56. The standard InChI is InChI=1S/C13H21ClN4S/c1-3-18-11(12(14)9(2)16-18)8-17-6-4-5-10(7-17)13(15)19/h10H,3-8H2,1-2H3,(H2,15,19). The summed E-state index contributed by atoms with van der Waals surface area (Å²) in [5, 5.41) is 5.25. The number of nitrogens with two attached hydrogens (primary N) is 1. The van der Waals surface area contributed by atoms with Gasteiger partial charge >= 0.3 is 0 Å². The van der Waals surface area contributed by atoms with E-state index in [1.54, 1.807) is 0 Å². The van der Waals surface area contributed by atoms with Crippen LogP contribution in [0.15, 0.2) is 0 Å². The van der Waals surface area contributed by atoms with E-state index in [0.29, 0.717) is 10.9 Å². The summed E-state index contributed by atoms with van der Waals surface area (Å²) in [6, 6.07) is 0. The van der Waals surface area contributed by atoms with Crippen molar-refractivity contribution in [3.63, 3.8) is 0 Å². The monoisotopic (exact) mass is 300 g/mol. The lowest BCUT2D eigenvalue weighted by atomic mass is 9.98. The first-order valence-electron chi connectivity index (χ1n) is 6.76. The van der Waals surface area contributed by atoms with Crippen LogP contribution in [-0.2, 0) is 13.1 Å². The van der Waals surface area contributed by atoms with E-state index in [1.165, 1.54) is 0 Å². The van der Waals surface area contributed by atoms with Crippen molar-refractivity contribution in [2.45, 2.75) is 39.8 Å². The first-order chi connectivity index (χ1) is 9.02. The molecule has 2 rings (SSSR count). The first kappa shape index (κ1) is 14.8. The molecule has 4 nitrogen and oxygen atoms in total. The highest BCUT2D eigenvalue weighted by atomic mass is 35.5. The molecule has 0 bridgehead atoms. The van der Waals surface area contributed by atoms with Crippen LogP contribution >= 0.6 is 23.8 Å². The van der Waals surface area contributed by atoms with Gasteiger partial charge in [0, 0.05) is 25.6 Å². The van der Waals surface area contributed by atoms with Gasteiger partial charge in [-0.05, 0) is 33.2 Å². The van der Waals surface area contributed by atoms with Gasteiger partial charge in [0.25, 0.3) is 0 Å². The fraction of sp³-hybridized carbons (Fsp3) is 0.692. The summed E-state index contributed by atoms with van der Waals surface area (Å²) in [6.07, 6.45) is 2.24. The van der Waals surface area contributed by atoms with Crippen LogP contribution in [0.2, 0.25) is 5.02 Å². The van der Waals surface area contributed by atoms with Crippen molar-refractivity contribution in [1.29, 1.82) is 0 Å². The molecular weight excluding hydrogens is 280 g/mol. The maximum absolute atomic E-state index is 6.35. The minimum Gasteiger partial charge on any atom is -0.393 e. The molecule has 1 fully saturated rings. The Hall–Kier alpha value is -0.650. The molecule has 2 N–H and O–H groups in total. The van der Waals surface area contributed by atoms with Crippen LogP contribution in [0, 0.1) is 12.8 Å². The molecule has 1 aromatic rings. The minimum atomic E-state index is 0.335. The average Bonchev–Trinajstić information content (AvgIpc) is 2.67. The van der Waals surface area contributed by atoms with E-state index in [2.05, 4.69) is 16.9 Å². The van der Waals surface area contributed by atoms with E-state index < -0.39 is 0 Å². The number of halogens is 1. The van der Waals surface area contributed by atoms with Crippen molar-refractivity contribution in [3.05, 3.63) is 16.4 Å². The molecular formula is C13H21ClN4S. The molecule has 6 heteroatoms. The van der Waals surface area contributed by atoms with Crippen LogP contribution in [-0.4, -0.2) is 32.8 Å². The van der Waals surface area contributed by atoms with E-state index >= 15 is 0 Å². The third kappa shape index (κ3) is 3.27. The van der Waals surface area contributed by atoms with E-state index in [9.17, 15) is 0 Å². The molecule has 1 unspecified atom stereocenters. The number of rotatable bonds is 4. The Bertz CT molecular complexity index is 471. The fourth-order valence-corrected chi connectivity index (χ4v) is 3.05. The number of aromatic nitrogens is 2. The first-order valence-corrected chi connectivity index (χ1v) is 7.55. The summed E-state index contributed by atoms with van der Waals surface area (Å²) in [5.41, 5.74) is 7.78. The SMILES string of the molecule is CCn1nc(C)c(Cl)c1CN1CCCC(C(N)=S)C1. The molecule has 106 valence electrons. The van der Waals surface area contributed by atoms with Crippen LogP contribution in [0.5, 0.6) is 0 Å². The van der Waals surface area contributed by atoms with Crippen LogP contribution in [0.4, 0.5) is 0 Å². The van der Waals surface area contributed by atoms with Gasteiger partial charge in [0.1, 0.15) is 0 Å². The third-order valence-electron chi connectivity index (χ3n) is 3.73. The zero-order chi connectivity index (χ0) is 14.0. The highest BCUT2D eigenvalue weighted by molar-refractivity contribution is 7.80. The van der Waals surface area contributed by atoms with Gasteiger partial charge in [-0.1, -0.05) is 23.8 Å². The fourth-order valence-electron chi connectivity index (χ4n) is 2.66. The molecule has 0 spiro atoms. The maximum Gasteiger partial charge on any atom is 0.0860 e. The summed E-state index contributed by atoms with van der Waals surface area (Å²) >= 11 is 11.5. The van der Waals surface area contributed by atoms with E-state index in [0.717, 1.165) is 55.4 Å². The normalized spacial score (nSPS) is 20.7. The van der Waals surface area contributed by atoms with Gasteiger partial charge in [0.2, 0.25) is 0 Å². The van der Waals surface area contributed by atoms with Crippen LogP contribution < -0.4 is 5.73 Å². The maximum atomic E-state index is 6.35. The Morgan fingerprint density at radius 2 is 2.32 bits per heavy atom. The summed E-state index contributed by atoms with van der Waals surface area (Å²) in [5.74, 6) is 0.335.